The number of hydrogen-bond acceptors (Lipinski definition) is 1. The summed E-state index contributed by atoms with van der Waals surface area (Å²) in [5.41, 5.74) is 12.0. The van der Waals surface area contributed by atoms with Crippen molar-refractivity contribution in [2.45, 2.75) is 34.1 Å². The van der Waals surface area contributed by atoms with E-state index in [-0.39, 0.29) is 17.1 Å². The molecule has 0 saturated carbocycles. The highest BCUT2D eigenvalue weighted by Crippen LogP contribution is 2.19. The Balaban J connectivity index is 0.00000132. The Morgan fingerprint density at radius 3 is 2.14 bits per heavy atom. The van der Waals surface area contributed by atoms with E-state index in [1.54, 1.807) is 31.2 Å². The van der Waals surface area contributed by atoms with E-state index in [9.17, 15) is 13.6 Å². The maximum atomic E-state index is 14.2. The van der Waals surface area contributed by atoms with Crippen LogP contribution in [0.15, 0.2) is 54.0 Å². The molecule has 0 bridgehead atoms. The second-order valence-electron chi connectivity index (χ2n) is 6.37. The summed E-state index contributed by atoms with van der Waals surface area (Å²) in [7, 11) is 0. The van der Waals surface area contributed by atoms with E-state index >= 15 is 0 Å². The van der Waals surface area contributed by atoms with Crippen molar-refractivity contribution in [3.63, 3.8) is 0 Å². The van der Waals surface area contributed by atoms with Crippen LogP contribution in [-0.2, 0) is 0 Å². The summed E-state index contributed by atoms with van der Waals surface area (Å²) in [6.45, 7) is 10.8. The van der Waals surface area contributed by atoms with E-state index in [0.29, 0.717) is 10.8 Å². The van der Waals surface area contributed by atoms with E-state index < -0.39 is 17.5 Å². The highest BCUT2D eigenvalue weighted by molar-refractivity contribution is 6.01. The molecule has 154 valence electrons. The lowest BCUT2D eigenvalue weighted by molar-refractivity contribution is 0.100. The van der Waals surface area contributed by atoms with Crippen molar-refractivity contribution >= 4 is 23.0 Å². The van der Waals surface area contributed by atoms with Crippen LogP contribution in [0.5, 0.6) is 0 Å². The number of carbonyl (C=O) groups excluding carboxylic acids is 1. The molecule has 0 atom stereocenters. The number of amides is 1. The molecule has 29 heavy (non-hydrogen) atoms. The molecule has 0 unspecified atom stereocenters. The first-order valence-electron chi connectivity index (χ1n) is 9.13. The Morgan fingerprint density at radius 1 is 1.10 bits per heavy atom. The molecule has 2 aromatic rings. The maximum absolute atomic E-state index is 14.2. The Bertz CT molecular complexity index is 1030. The van der Waals surface area contributed by atoms with Crippen molar-refractivity contribution < 1.29 is 13.6 Å². The topological polar surface area (TPSA) is 81.5 Å². The molecule has 0 aromatic heterocycles. The van der Waals surface area contributed by atoms with Crippen LogP contribution in [0, 0.1) is 11.6 Å². The number of nitrogens with zero attached hydrogens (tertiary/aromatic N) is 1. The number of halogens is 2. The van der Waals surface area contributed by atoms with Crippen molar-refractivity contribution in [1.82, 2.24) is 0 Å². The SMILES string of the molecule is C=CC.CC/C(C)=c1/ccc(C(=O)N=C(N)N)c/c1=C(/C)c1c(F)cccc1F. The highest BCUT2D eigenvalue weighted by atomic mass is 19.1. The number of hydrogen-bond donors (Lipinski definition) is 2. The van der Waals surface area contributed by atoms with Gasteiger partial charge in [0, 0.05) is 11.1 Å². The standard InChI is InChI=1S/C20H21F2N3O.C3H6/c1-4-11(2)14-9-8-13(19(26)25-20(23)24)10-15(14)12(3)18-16(21)6-5-7-17(18)22;1-3-2/h5-10H,4H2,1-3H3,(H4,23,24,25,26);3H,1H2,2H3/b14-11-,15-12+;. The number of guanidine groups is 1. The van der Waals surface area contributed by atoms with Crippen molar-refractivity contribution in [2.24, 2.45) is 16.5 Å². The second kappa shape index (κ2) is 10.9. The minimum Gasteiger partial charge on any atom is -0.370 e. The third-order valence-electron chi connectivity index (χ3n) is 4.23. The van der Waals surface area contributed by atoms with Crippen molar-refractivity contribution in [3.05, 3.63) is 82.3 Å². The third-order valence-corrected chi connectivity index (χ3v) is 4.23. The quantitative estimate of drug-likeness (QED) is 0.472. The van der Waals surface area contributed by atoms with Crippen LogP contribution in [0.3, 0.4) is 0 Å². The first kappa shape index (κ1) is 23.8. The fourth-order valence-corrected chi connectivity index (χ4v) is 2.72. The van der Waals surface area contributed by atoms with Gasteiger partial charge >= 0.3 is 0 Å². The predicted octanol–water partition coefficient (Wildman–Crippen LogP) is 3.37. The average molecular weight is 399 g/mol. The van der Waals surface area contributed by atoms with Gasteiger partial charge < -0.3 is 11.5 Å². The molecule has 2 rings (SSSR count). The number of aliphatic imine (C=N–C) groups is 1. The van der Waals surface area contributed by atoms with Gasteiger partial charge in [0.05, 0.1) is 0 Å². The molecular formula is C23H27F2N3O. The van der Waals surface area contributed by atoms with Crippen LogP contribution in [0.4, 0.5) is 8.78 Å². The van der Waals surface area contributed by atoms with Gasteiger partial charge in [-0.3, -0.25) is 4.79 Å². The van der Waals surface area contributed by atoms with Crippen LogP contribution in [0.2, 0.25) is 0 Å². The molecule has 0 saturated heterocycles. The number of nitrogens with two attached hydrogens (primary N) is 2. The molecule has 0 heterocycles. The summed E-state index contributed by atoms with van der Waals surface area (Å²) in [4.78, 5) is 15.7. The summed E-state index contributed by atoms with van der Waals surface area (Å²) in [6.07, 6.45) is 2.50. The van der Waals surface area contributed by atoms with Gasteiger partial charge in [0.15, 0.2) is 5.96 Å². The maximum Gasteiger partial charge on any atom is 0.280 e. The molecule has 0 spiro atoms. The minimum absolute atomic E-state index is 0.121. The number of rotatable bonds is 3. The molecule has 0 radical (unpaired) electrons. The van der Waals surface area contributed by atoms with Crippen LogP contribution in [0.25, 0.3) is 11.1 Å². The van der Waals surface area contributed by atoms with Gasteiger partial charge in [-0.25, -0.2) is 8.78 Å². The van der Waals surface area contributed by atoms with Crippen molar-refractivity contribution in [2.75, 3.05) is 0 Å². The summed E-state index contributed by atoms with van der Waals surface area (Å²) in [5, 5.41) is 1.37. The monoisotopic (exact) mass is 399 g/mol. The zero-order valence-corrected chi connectivity index (χ0v) is 17.2. The summed E-state index contributed by atoms with van der Waals surface area (Å²) >= 11 is 0. The first-order valence-corrected chi connectivity index (χ1v) is 9.13. The Hall–Kier alpha value is -3.28. The van der Waals surface area contributed by atoms with Gasteiger partial charge in [0.1, 0.15) is 11.6 Å². The van der Waals surface area contributed by atoms with Crippen molar-refractivity contribution in [3.8, 4) is 0 Å². The van der Waals surface area contributed by atoms with Gasteiger partial charge in [0.25, 0.3) is 5.91 Å². The van der Waals surface area contributed by atoms with Crippen LogP contribution in [0.1, 0.15) is 50.0 Å². The molecule has 0 aliphatic heterocycles. The zero-order chi connectivity index (χ0) is 22.1. The molecule has 0 aliphatic rings. The molecule has 1 amide bonds. The second-order valence-corrected chi connectivity index (χ2v) is 6.37. The first-order chi connectivity index (χ1) is 13.7. The van der Waals surface area contributed by atoms with E-state index in [4.69, 9.17) is 11.5 Å². The van der Waals surface area contributed by atoms with Crippen LogP contribution >= 0.6 is 0 Å². The van der Waals surface area contributed by atoms with E-state index in [2.05, 4.69) is 11.6 Å². The van der Waals surface area contributed by atoms with E-state index in [0.717, 1.165) is 17.2 Å². The summed E-state index contributed by atoms with van der Waals surface area (Å²) in [6, 6.07) is 8.61. The zero-order valence-electron chi connectivity index (χ0n) is 17.2. The fourth-order valence-electron chi connectivity index (χ4n) is 2.72. The van der Waals surface area contributed by atoms with Crippen LogP contribution in [-0.4, -0.2) is 11.9 Å². The molecule has 4 nitrogen and oxygen atoms in total. The molecular weight excluding hydrogens is 372 g/mol. The van der Waals surface area contributed by atoms with Crippen LogP contribution < -0.4 is 21.9 Å². The average Bonchev–Trinajstić information content (AvgIpc) is 2.66. The van der Waals surface area contributed by atoms with Crippen molar-refractivity contribution in [1.29, 1.82) is 0 Å². The summed E-state index contributed by atoms with van der Waals surface area (Å²) < 4.78 is 28.5. The third kappa shape index (κ3) is 6.10. The molecule has 6 heteroatoms. The van der Waals surface area contributed by atoms with E-state index in [1.165, 1.54) is 18.2 Å². The Morgan fingerprint density at radius 2 is 1.66 bits per heavy atom. The Kier molecular flexibility index (Phi) is 8.93. The van der Waals surface area contributed by atoms with Gasteiger partial charge in [-0.2, -0.15) is 4.99 Å². The smallest absolute Gasteiger partial charge is 0.280 e. The lowest BCUT2D eigenvalue weighted by Crippen LogP contribution is -2.30. The number of benzene rings is 2. The lowest BCUT2D eigenvalue weighted by Gasteiger charge is -2.08. The van der Waals surface area contributed by atoms with Gasteiger partial charge in [0.2, 0.25) is 0 Å². The Labute approximate surface area is 170 Å². The molecule has 0 aliphatic carbocycles. The lowest BCUT2D eigenvalue weighted by atomic mass is 9.98. The largest absolute Gasteiger partial charge is 0.370 e. The minimum atomic E-state index is -0.663. The van der Waals surface area contributed by atoms with E-state index in [1.807, 2.05) is 20.8 Å². The number of carbonyl (C=O) groups is 1. The number of allylic oxidation sites excluding steroid dienone is 1. The molecule has 2 aromatic carbocycles. The fraction of sp³-hybridized carbons (Fsp3) is 0.217. The molecule has 0 fully saturated rings. The van der Waals surface area contributed by atoms with Gasteiger partial charge in [-0.05, 0) is 67.5 Å². The molecule has 4 N–H and O–H groups in total. The van der Waals surface area contributed by atoms with Gasteiger partial charge in [-0.15, -0.1) is 6.58 Å². The predicted molar refractivity (Wildman–Crippen MR) is 116 cm³/mol. The normalized spacial score (nSPS) is 12.2. The summed E-state index contributed by atoms with van der Waals surface area (Å²) in [5.74, 6) is -2.29. The van der Waals surface area contributed by atoms with Gasteiger partial charge in [-0.1, -0.05) is 30.7 Å². The highest BCUT2D eigenvalue weighted by Gasteiger charge is 2.13.